The van der Waals surface area contributed by atoms with E-state index in [1.165, 1.54) is 11.9 Å². The van der Waals surface area contributed by atoms with Crippen LogP contribution in [0.2, 0.25) is 0 Å². The van der Waals surface area contributed by atoms with Crippen LogP contribution in [0, 0.1) is 11.6 Å². The summed E-state index contributed by atoms with van der Waals surface area (Å²) in [5.74, 6) is -1.44. The molecule has 26 heavy (non-hydrogen) atoms. The molecular weight excluding hydrogens is 338 g/mol. The summed E-state index contributed by atoms with van der Waals surface area (Å²) in [4.78, 5) is 12.3. The molecule has 1 N–H and O–H groups in total. The Morgan fingerprint density at radius 3 is 2.62 bits per heavy atom. The van der Waals surface area contributed by atoms with Crippen molar-refractivity contribution in [1.82, 2.24) is 5.01 Å². The average molecular weight is 358 g/mol. The lowest BCUT2D eigenvalue weighted by Crippen LogP contribution is -2.42. The van der Waals surface area contributed by atoms with Crippen LogP contribution in [0.25, 0.3) is 0 Å². The number of carbonyl (C=O) groups excluding carboxylic acids is 1. The van der Waals surface area contributed by atoms with Crippen LogP contribution in [-0.4, -0.2) is 28.3 Å². The number of carbonyl (C=O) groups is 1. The Hall–Kier alpha value is -2.60. The second kappa shape index (κ2) is 7.33. The van der Waals surface area contributed by atoms with Crippen molar-refractivity contribution in [3.05, 3.63) is 71.3 Å². The molecule has 0 fully saturated rings. The summed E-state index contributed by atoms with van der Waals surface area (Å²) in [5, 5.41) is 15.0. The number of halogens is 2. The normalized spacial score (nSPS) is 19.5. The third-order valence-electron chi connectivity index (χ3n) is 4.68. The molecule has 0 bridgehead atoms. The number of hydrogen-bond donors (Lipinski definition) is 1. The van der Waals surface area contributed by atoms with E-state index >= 15 is 0 Å². The number of amides is 1. The first-order valence-corrected chi connectivity index (χ1v) is 8.48. The molecule has 4 nitrogen and oxygen atoms in total. The van der Waals surface area contributed by atoms with Gasteiger partial charge in [0.2, 0.25) is 5.91 Å². The fourth-order valence-electron chi connectivity index (χ4n) is 3.53. The zero-order chi connectivity index (χ0) is 18.7. The van der Waals surface area contributed by atoms with Crippen molar-refractivity contribution in [3.63, 3.8) is 0 Å². The van der Waals surface area contributed by atoms with Gasteiger partial charge in [-0.25, -0.2) is 13.8 Å². The third kappa shape index (κ3) is 3.24. The van der Waals surface area contributed by atoms with Crippen LogP contribution in [-0.2, 0) is 10.3 Å². The van der Waals surface area contributed by atoms with E-state index in [1.807, 2.05) is 30.3 Å². The van der Waals surface area contributed by atoms with Crippen LogP contribution < -0.4 is 0 Å². The van der Waals surface area contributed by atoms with Gasteiger partial charge in [0.25, 0.3) is 0 Å². The van der Waals surface area contributed by atoms with Crippen molar-refractivity contribution in [1.29, 1.82) is 0 Å². The summed E-state index contributed by atoms with van der Waals surface area (Å²) in [6.07, 6.45) is 1.15. The van der Waals surface area contributed by atoms with Crippen molar-refractivity contribution in [2.24, 2.45) is 5.10 Å². The van der Waals surface area contributed by atoms with E-state index in [9.17, 15) is 18.7 Å². The molecule has 1 atom stereocenters. The summed E-state index contributed by atoms with van der Waals surface area (Å²) in [7, 11) is 0. The SMILES string of the molecule is CC(=O)N1N=C(c2cc(F)ccc2F)C[C@@]1(CCCO)c1ccccc1. The van der Waals surface area contributed by atoms with Gasteiger partial charge in [-0.1, -0.05) is 30.3 Å². The number of hydrogen-bond acceptors (Lipinski definition) is 3. The molecule has 2 aromatic rings. The fraction of sp³-hybridized carbons (Fsp3) is 0.300. The fourth-order valence-corrected chi connectivity index (χ4v) is 3.53. The van der Waals surface area contributed by atoms with E-state index in [0.717, 1.165) is 23.8 Å². The molecule has 0 aromatic heterocycles. The predicted octanol–water partition coefficient (Wildman–Crippen LogP) is 3.59. The quantitative estimate of drug-likeness (QED) is 0.888. The maximum atomic E-state index is 14.3. The Labute approximate surface area is 150 Å². The van der Waals surface area contributed by atoms with Crippen LogP contribution in [0.5, 0.6) is 0 Å². The van der Waals surface area contributed by atoms with Crippen molar-refractivity contribution in [2.45, 2.75) is 31.7 Å². The van der Waals surface area contributed by atoms with Gasteiger partial charge in [-0.15, -0.1) is 0 Å². The number of rotatable bonds is 5. The molecular formula is C20H20F2N2O2. The second-order valence-electron chi connectivity index (χ2n) is 6.40. The van der Waals surface area contributed by atoms with E-state index in [4.69, 9.17) is 0 Å². The standard InChI is InChI=1S/C20H20F2N2O2/c1-14(26)24-20(10-5-11-25,15-6-3-2-4-7-15)13-19(23-24)17-12-16(21)8-9-18(17)22/h2-4,6-9,12,25H,5,10-11,13H2,1H3/t20-/m0/s1. The highest BCUT2D eigenvalue weighted by Crippen LogP contribution is 2.43. The van der Waals surface area contributed by atoms with E-state index in [-0.39, 0.29) is 24.5 Å². The molecule has 136 valence electrons. The lowest BCUT2D eigenvalue weighted by atomic mass is 9.80. The van der Waals surface area contributed by atoms with Gasteiger partial charge in [0, 0.05) is 25.5 Å². The van der Waals surface area contributed by atoms with Crippen LogP contribution >= 0.6 is 0 Å². The lowest BCUT2D eigenvalue weighted by molar-refractivity contribution is -0.135. The molecule has 2 aromatic carbocycles. The van der Waals surface area contributed by atoms with Gasteiger partial charge in [0.05, 0.1) is 11.3 Å². The lowest BCUT2D eigenvalue weighted by Gasteiger charge is -2.36. The summed E-state index contributed by atoms with van der Waals surface area (Å²) in [6.45, 7) is 1.36. The first kappa shape index (κ1) is 18.2. The minimum absolute atomic E-state index is 0.0377. The predicted molar refractivity (Wildman–Crippen MR) is 94.5 cm³/mol. The Morgan fingerprint density at radius 1 is 1.23 bits per heavy atom. The van der Waals surface area contributed by atoms with Gasteiger partial charge < -0.3 is 5.11 Å². The van der Waals surface area contributed by atoms with Gasteiger partial charge in [-0.2, -0.15) is 5.10 Å². The van der Waals surface area contributed by atoms with Crippen molar-refractivity contribution in [3.8, 4) is 0 Å². The van der Waals surface area contributed by atoms with Crippen LogP contribution in [0.1, 0.15) is 37.3 Å². The molecule has 0 radical (unpaired) electrons. The highest BCUT2D eigenvalue weighted by Gasteiger charge is 2.46. The first-order valence-electron chi connectivity index (χ1n) is 8.48. The van der Waals surface area contributed by atoms with Crippen LogP contribution in [0.3, 0.4) is 0 Å². The van der Waals surface area contributed by atoms with Crippen LogP contribution in [0.4, 0.5) is 8.78 Å². The van der Waals surface area contributed by atoms with E-state index < -0.39 is 17.2 Å². The highest BCUT2D eigenvalue weighted by atomic mass is 19.1. The summed E-state index contributed by atoms with van der Waals surface area (Å²) in [6, 6.07) is 12.5. The van der Waals surface area contributed by atoms with Gasteiger partial charge >= 0.3 is 0 Å². The van der Waals surface area contributed by atoms with Gasteiger partial charge in [0.15, 0.2) is 0 Å². The van der Waals surface area contributed by atoms with Crippen molar-refractivity contribution in [2.75, 3.05) is 6.61 Å². The number of aliphatic hydroxyl groups is 1. The zero-order valence-electron chi connectivity index (χ0n) is 14.5. The van der Waals surface area contributed by atoms with Gasteiger partial charge in [-0.3, -0.25) is 4.79 Å². The van der Waals surface area contributed by atoms with Crippen molar-refractivity contribution < 1.29 is 18.7 Å². The van der Waals surface area contributed by atoms with Gasteiger partial charge in [-0.05, 0) is 36.6 Å². The van der Waals surface area contributed by atoms with E-state index in [2.05, 4.69) is 5.10 Å². The van der Waals surface area contributed by atoms with Crippen molar-refractivity contribution >= 4 is 11.6 Å². The monoisotopic (exact) mass is 358 g/mol. The number of nitrogens with zero attached hydrogens (tertiary/aromatic N) is 2. The van der Waals surface area contributed by atoms with Gasteiger partial charge in [0.1, 0.15) is 11.6 Å². The molecule has 0 aliphatic carbocycles. The molecule has 0 saturated carbocycles. The molecule has 0 spiro atoms. The summed E-state index contributed by atoms with van der Waals surface area (Å²) >= 11 is 0. The molecule has 1 heterocycles. The zero-order valence-corrected chi connectivity index (χ0v) is 14.5. The molecule has 1 amide bonds. The third-order valence-corrected chi connectivity index (χ3v) is 4.68. The van der Waals surface area contributed by atoms with E-state index in [1.54, 1.807) is 0 Å². The van der Waals surface area contributed by atoms with E-state index in [0.29, 0.717) is 18.6 Å². The smallest absolute Gasteiger partial charge is 0.240 e. The molecule has 6 heteroatoms. The average Bonchev–Trinajstić information content (AvgIpc) is 3.04. The summed E-state index contributed by atoms with van der Waals surface area (Å²) < 4.78 is 27.9. The maximum absolute atomic E-state index is 14.3. The Bertz CT molecular complexity index is 839. The van der Waals surface area contributed by atoms with Crippen LogP contribution in [0.15, 0.2) is 53.6 Å². The first-order chi connectivity index (χ1) is 12.5. The topological polar surface area (TPSA) is 52.9 Å². The minimum Gasteiger partial charge on any atom is -0.396 e. The number of hydrazone groups is 1. The largest absolute Gasteiger partial charge is 0.396 e. The molecule has 1 aliphatic rings. The maximum Gasteiger partial charge on any atom is 0.240 e. The second-order valence-corrected chi connectivity index (χ2v) is 6.40. The number of benzene rings is 2. The molecule has 1 aliphatic heterocycles. The minimum atomic E-state index is -0.829. The summed E-state index contributed by atoms with van der Waals surface area (Å²) in [5.41, 5.74) is 0.389. The Balaban J connectivity index is 2.11. The Morgan fingerprint density at radius 2 is 1.96 bits per heavy atom. The molecule has 0 unspecified atom stereocenters. The Kier molecular flexibility index (Phi) is 5.13. The molecule has 3 rings (SSSR count). The number of aliphatic hydroxyl groups excluding tert-OH is 1. The molecule has 0 saturated heterocycles. The highest BCUT2D eigenvalue weighted by molar-refractivity contribution is 6.03.